The Bertz CT molecular complexity index is 987. The first-order valence-electron chi connectivity index (χ1n) is 12.2. The van der Waals surface area contributed by atoms with Crippen LogP contribution in [0.5, 0.6) is 0 Å². The lowest BCUT2D eigenvalue weighted by atomic mass is 9.47. The molecule has 6 heteroatoms. The van der Waals surface area contributed by atoms with Gasteiger partial charge in [0.05, 0.1) is 0 Å². The lowest BCUT2D eigenvalue weighted by Gasteiger charge is -2.60. The van der Waals surface area contributed by atoms with Crippen molar-refractivity contribution in [3.8, 4) is 0 Å². The van der Waals surface area contributed by atoms with Gasteiger partial charge in [-0.2, -0.15) is 13.2 Å². The molecule has 4 aliphatic rings. The number of piperidine rings is 1. The third-order valence-corrected chi connectivity index (χ3v) is 9.66. The first-order valence-corrected chi connectivity index (χ1v) is 12.2. The molecule has 3 aliphatic carbocycles. The molecule has 178 valence electrons. The summed E-state index contributed by atoms with van der Waals surface area (Å²) < 4.78 is 42.3. The molecule has 0 aromatic heterocycles. The molecule has 1 unspecified atom stereocenters. The van der Waals surface area contributed by atoms with E-state index in [0.717, 1.165) is 32.1 Å². The molecule has 1 aromatic carbocycles. The number of allylic oxidation sites excluding steroid dienone is 2. The zero-order valence-corrected chi connectivity index (χ0v) is 19.3. The van der Waals surface area contributed by atoms with Crippen LogP contribution in [0.2, 0.25) is 0 Å². The van der Waals surface area contributed by atoms with Crippen LogP contribution in [0.3, 0.4) is 0 Å². The lowest BCUT2D eigenvalue weighted by Crippen LogP contribution is -2.61. The van der Waals surface area contributed by atoms with E-state index in [1.54, 1.807) is 18.2 Å². The minimum atomic E-state index is -4.63. The number of benzene rings is 1. The van der Waals surface area contributed by atoms with Crippen molar-refractivity contribution in [1.29, 1.82) is 0 Å². The Hall–Kier alpha value is -2.11. The maximum absolute atomic E-state index is 14.1. The number of ketones is 1. The van der Waals surface area contributed by atoms with Gasteiger partial charge in [-0.25, -0.2) is 0 Å². The summed E-state index contributed by atoms with van der Waals surface area (Å²) in [6, 6.07) is 7.78. The Morgan fingerprint density at radius 3 is 2.48 bits per heavy atom. The van der Waals surface area contributed by atoms with Crippen molar-refractivity contribution >= 4 is 11.7 Å². The molecule has 1 N–H and O–H groups in total. The number of rotatable bonds is 3. The molecule has 7 atom stereocenters. The molecule has 3 nitrogen and oxygen atoms in total. The Labute approximate surface area is 193 Å². The van der Waals surface area contributed by atoms with Gasteiger partial charge in [-0.05, 0) is 78.2 Å². The fraction of sp³-hybridized carbons (Fsp3) is 0.630. The van der Waals surface area contributed by atoms with E-state index in [2.05, 4.69) is 12.2 Å². The Balaban J connectivity index is 1.43. The van der Waals surface area contributed by atoms with Crippen molar-refractivity contribution in [1.82, 2.24) is 5.32 Å². The van der Waals surface area contributed by atoms with Crippen LogP contribution in [-0.2, 0) is 9.59 Å². The molecule has 1 aliphatic heterocycles. The second-order valence-corrected chi connectivity index (χ2v) is 11.1. The number of alkyl halides is 3. The lowest BCUT2D eigenvalue weighted by molar-refractivity contribution is -0.162. The van der Waals surface area contributed by atoms with Gasteiger partial charge in [0, 0.05) is 12.5 Å². The molecule has 3 fully saturated rings. The molecule has 0 radical (unpaired) electrons. The van der Waals surface area contributed by atoms with Crippen LogP contribution < -0.4 is 5.32 Å². The summed E-state index contributed by atoms with van der Waals surface area (Å²) in [5.74, 6) is -1.75. The van der Waals surface area contributed by atoms with Crippen molar-refractivity contribution in [3.05, 3.63) is 47.5 Å². The van der Waals surface area contributed by atoms with Crippen LogP contribution in [0, 0.1) is 28.6 Å². The summed E-state index contributed by atoms with van der Waals surface area (Å²) in [5, 5.41) is 3.21. The number of nitrogens with one attached hydrogen (secondary N) is 1. The smallest absolute Gasteiger partial charge is 0.353 e. The van der Waals surface area contributed by atoms with E-state index in [4.69, 9.17) is 0 Å². The second-order valence-electron chi connectivity index (χ2n) is 11.1. The third-order valence-electron chi connectivity index (χ3n) is 9.66. The number of amides is 1. The maximum Gasteiger partial charge on any atom is 0.402 e. The van der Waals surface area contributed by atoms with Gasteiger partial charge in [-0.15, -0.1) is 0 Å². The van der Waals surface area contributed by atoms with Crippen molar-refractivity contribution in [3.63, 3.8) is 0 Å². The number of hydrogen-bond donors (Lipinski definition) is 1. The highest BCUT2D eigenvalue weighted by atomic mass is 19.4. The Morgan fingerprint density at radius 2 is 1.79 bits per heavy atom. The molecule has 1 amide bonds. The molecular formula is C27H32F3NO2. The highest BCUT2D eigenvalue weighted by Crippen LogP contribution is 2.64. The van der Waals surface area contributed by atoms with Crippen LogP contribution in [-0.4, -0.2) is 23.9 Å². The minimum absolute atomic E-state index is 0.0163. The molecule has 1 aromatic rings. The number of fused-ring (bicyclic) bond motifs is 5. The van der Waals surface area contributed by atoms with E-state index in [9.17, 15) is 22.8 Å². The van der Waals surface area contributed by atoms with Gasteiger partial charge >= 0.3 is 6.18 Å². The molecule has 0 bridgehead atoms. The van der Waals surface area contributed by atoms with Gasteiger partial charge in [-0.1, -0.05) is 50.3 Å². The number of hydrogen-bond acceptors (Lipinski definition) is 2. The van der Waals surface area contributed by atoms with Crippen molar-refractivity contribution in [2.45, 2.75) is 76.9 Å². The highest BCUT2D eigenvalue weighted by Gasteiger charge is 2.60. The molecule has 1 heterocycles. The maximum atomic E-state index is 14.1. The first-order chi connectivity index (χ1) is 15.6. The van der Waals surface area contributed by atoms with Gasteiger partial charge in [0.1, 0.15) is 5.92 Å². The zero-order valence-electron chi connectivity index (χ0n) is 19.3. The van der Waals surface area contributed by atoms with Gasteiger partial charge in [-0.3, -0.25) is 9.59 Å². The number of carbonyl (C=O) groups excluding carboxylic acids is 2. The van der Waals surface area contributed by atoms with Crippen LogP contribution >= 0.6 is 0 Å². The molecule has 5 rings (SSSR count). The van der Waals surface area contributed by atoms with Gasteiger partial charge in [0.15, 0.2) is 5.78 Å². The average Bonchev–Trinajstić information content (AvgIpc) is 3.11. The summed E-state index contributed by atoms with van der Waals surface area (Å²) >= 11 is 0. The SMILES string of the molecule is C[C@]12CCC(=O)N[C@@H]1CC[C@@H]1[C@@H]2CC[C@]2(C)C(C(=O)C(c3ccccc3)C(F)(F)F)=CC[C@@H]12. The number of halogens is 3. The Kier molecular flexibility index (Phi) is 5.30. The van der Waals surface area contributed by atoms with Crippen LogP contribution in [0.15, 0.2) is 42.0 Å². The van der Waals surface area contributed by atoms with E-state index < -0.39 is 23.3 Å². The van der Waals surface area contributed by atoms with Crippen molar-refractivity contribution < 1.29 is 22.8 Å². The molecular weight excluding hydrogens is 427 g/mol. The minimum Gasteiger partial charge on any atom is -0.353 e. The van der Waals surface area contributed by atoms with E-state index in [-0.39, 0.29) is 28.8 Å². The predicted octanol–water partition coefficient (Wildman–Crippen LogP) is 5.96. The van der Waals surface area contributed by atoms with Gasteiger partial charge < -0.3 is 5.32 Å². The quantitative estimate of drug-likeness (QED) is 0.606. The molecule has 33 heavy (non-hydrogen) atoms. The fourth-order valence-corrected chi connectivity index (χ4v) is 7.94. The van der Waals surface area contributed by atoms with E-state index in [0.29, 0.717) is 30.3 Å². The largest absolute Gasteiger partial charge is 0.402 e. The Morgan fingerprint density at radius 1 is 1.06 bits per heavy atom. The van der Waals surface area contributed by atoms with E-state index >= 15 is 0 Å². The fourth-order valence-electron chi connectivity index (χ4n) is 7.94. The van der Waals surface area contributed by atoms with E-state index in [1.807, 2.05) is 13.0 Å². The number of Topliss-reactive ketones (excluding diaryl/α,β-unsaturated/α-hetero) is 1. The van der Waals surface area contributed by atoms with Crippen molar-refractivity contribution in [2.75, 3.05) is 0 Å². The van der Waals surface area contributed by atoms with E-state index in [1.165, 1.54) is 12.1 Å². The summed E-state index contributed by atoms with van der Waals surface area (Å²) in [6.45, 7) is 4.32. The number of carbonyl (C=O) groups is 2. The van der Waals surface area contributed by atoms with Crippen LogP contribution in [0.4, 0.5) is 13.2 Å². The second kappa shape index (κ2) is 7.71. The zero-order chi connectivity index (χ0) is 23.6. The van der Waals surface area contributed by atoms with Gasteiger partial charge in [0.25, 0.3) is 0 Å². The summed E-state index contributed by atoms with van der Waals surface area (Å²) in [5.41, 5.74) is -0.0786. The first kappa shape index (κ1) is 22.7. The molecule has 1 saturated heterocycles. The monoisotopic (exact) mass is 459 g/mol. The van der Waals surface area contributed by atoms with Gasteiger partial charge in [0.2, 0.25) is 5.91 Å². The third kappa shape index (κ3) is 3.47. The van der Waals surface area contributed by atoms with Crippen LogP contribution in [0.1, 0.15) is 70.3 Å². The summed E-state index contributed by atoms with van der Waals surface area (Å²) in [4.78, 5) is 25.5. The topological polar surface area (TPSA) is 46.2 Å². The predicted molar refractivity (Wildman–Crippen MR) is 119 cm³/mol. The summed E-state index contributed by atoms with van der Waals surface area (Å²) in [7, 11) is 0. The highest BCUT2D eigenvalue weighted by molar-refractivity contribution is 6.02. The molecule has 2 saturated carbocycles. The van der Waals surface area contributed by atoms with Crippen LogP contribution in [0.25, 0.3) is 0 Å². The average molecular weight is 460 g/mol. The summed E-state index contributed by atoms with van der Waals surface area (Å²) in [6.07, 6.45) is 2.79. The van der Waals surface area contributed by atoms with Crippen molar-refractivity contribution in [2.24, 2.45) is 28.6 Å². The standard InChI is InChI=1S/C27H32F3NO2/c1-25-14-12-19-17(8-11-21-26(19,2)15-13-22(32)31-21)18(25)9-10-20(25)24(33)23(27(28,29)30)16-6-4-3-5-7-16/h3-7,10,17-19,21,23H,8-9,11-15H2,1-2H3,(H,31,32)/t17-,18-,19-,21+,23?,25-,26+/m0/s1. The normalized spacial score (nSPS) is 38.9. The molecule has 0 spiro atoms.